The van der Waals surface area contributed by atoms with E-state index in [4.69, 9.17) is 9.73 Å². The van der Waals surface area contributed by atoms with Gasteiger partial charge in [-0.05, 0) is 71.1 Å². The summed E-state index contributed by atoms with van der Waals surface area (Å²) in [6.45, 7) is 7.25. The Balaban J connectivity index is 1.63. The predicted molar refractivity (Wildman–Crippen MR) is 109 cm³/mol. The summed E-state index contributed by atoms with van der Waals surface area (Å²) in [5.41, 5.74) is 7.47. The van der Waals surface area contributed by atoms with E-state index in [1.54, 1.807) is 0 Å². The van der Waals surface area contributed by atoms with Crippen LogP contribution >= 0.6 is 0 Å². The molecule has 0 spiro atoms. The standard InChI is InChI=1S/C24H23NO/c1-4-26-19-12-9-17(10-13-19)16-25-18-11-14-21-20-7-5-6-8-22(20)24(2,3)23(21)15-18/h5-16H,4H2,1-3H3. The number of nitrogens with zero attached hydrogens (tertiary/aromatic N) is 1. The highest BCUT2D eigenvalue weighted by molar-refractivity contribution is 5.85. The molecule has 0 fully saturated rings. The van der Waals surface area contributed by atoms with Crippen LogP contribution in [0.15, 0.2) is 71.7 Å². The van der Waals surface area contributed by atoms with Gasteiger partial charge in [0.2, 0.25) is 0 Å². The van der Waals surface area contributed by atoms with E-state index >= 15 is 0 Å². The van der Waals surface area contributed by atoms with Crippen LogP contribution in [0.25, 0.3) is 11.1 Å². The first-order chi connectivity index (χ1) is 12.6. The Morgan fingerprint density at radius 3 is 2.38 bits per heavy atom. The van der Waals surface area contributed by atoms with Crippen molar-refractivity contribution in [2.24, 2.45) is 4.99 Å². The fourth-order valence-electron chi connectivity index (χ4n) is 3.74. The molecule has 130 valence electrons. The van der Waals surface area contributed by atoms with Gasteiger partial charge in [0, 0.05) is 11.6 Å². The molecule has 0 bridgehead atoms. The van der Waals surface area contributed by atoms with E-state index in [1.165, 1.54) is 22.3 Å². The van der Waals surface area contributed by atoms with Crippen LogP contribution in [0.3, 0.4) is 0 Å². The number of rotatable bonds is 4. The summed E-state index contributed by atoms with van der Waals surface area (Å²) in [6.07, 6.45) is 1.91. The molecule has 0 aliphatic heterocycles. The van der Waals surface area contributed by atoms with E-state index in [0.717, 1.165) is 17.0 Å². The van der Waals surface area contributed by atoms with E-state index in [0.29, 0.717) is 6.61 Å². The highest BCUT2D eigenvalue weighted by Crippen LogP contribution is 2.49. The van der Waals surface area contributed by atoms with Gasteiger partial charge in [0.15, 0.2) is 0 Å². The van der Waals surface area contributed by atoms with Gasteiger partial charge in [-0.25, -0.2) is 0 Å². The van der Waals surface area contributed by atoms with Crippen molar-refractivity contribution >= 4 is 11.9 Å². The quantitative estimate of drug-likeness (QED) is 0.522. The zero-order chi connectivity index (χ0) is 18.1. The molecule has 0 aromatic heterocycles. The lowest BCUT2D eigenvalue weighted by molar-refractivity contribution is 0.340. The minimum atomic E-state index is 0.0105. The molecule has 1 aliphatic carbocycles. The molecule has 0 saturated heterocycles. The van der Waals surface area contributed by atoms with Gasteiger partial charge in [-0.3, -0.25) is 4.99 Å². The zero-order valence-electron chi connectivity index (χ0n) is 15.5. The second-order valence-corrected chi connectivity index (χ2v) is 7.16. The van der Waals surface area contributed by atoms with Crippen molar-refractivity contribution < 1.29 is 4.74 Å². The van der Waals surface area contributed by atoms with Gasteiger partial charge in [-0.15, -0.1) is 0 Å². The van der Waals surface area contributed by atoms with E-state index in [-0.39, 0.29) is 5.41 Å². The van der Waals surface area contributed by atoms with Gasteiger partial charge >= 0.3 is 0 Å². The van der Waals surface area contributed by atoms with Crippen molar-refractivity contribution in [3.8, 4) is 16.9 Å². The Labute approximate surface area is 155 Å². The zero-order valence-corrected chi connectivity index (χ0v) is 15.5. The van der Waals surface area contributed by atoms with E-state index in [9.17, 15) is 0 Å². The van der Waals surface area contributed by atoms with E-state index in [2.05, 4.69) is 56.3 Å². The molecule has 0 N–H and O–H groups in total. The summed E-state index contributed by atoms with van der Waals surface area (Å²) in [4.78, 5) is 4.69. The first kappa shape index (κ1) is 16.6. The lowest BCUT2D eigenvalue weighted by atomic mass is 9.82. The summed E-state index contributed by atoms with van der Waals surface area (Å²) in [5, 5.41) is 0. The minimum absolute atomic E-state index is 0.0105. The Kier molecular flexibility index (Phi) is 4.12. The third kappa shape index (κ3) is 2.82. The summed E-state index contributed by atoms with van der Waals surface area (Å²) in [6, 6.07) is 23.2. The molecule has 0 amide bonds. The van der Waals surface area contributed by atoms with Gasteiger partial charge in [-0.2, -0.15) is 0 Å². The number of benzene rings is 3. The number of ether oxygens (including phenoxy) is 1. The molecule has 3 aromatic rings. The maximum absolute atomic E-state index is 5.48. The average Bonchev–Trinajstić information content (AvgIpc) is 2.89. The molecule has 4 rings (SSSR count). The van der Waals surface area contributed by atoms with Crippen LogP contribution in [0.1, 0.15) is 37.5 Å². The van der Waals surface area contributed by atoms with Crippen molar-refractivity contribution in [2.75, 3.05) is 6.61 Å². The highest BCUT2D eigenvalue weighted by Gasteiger charge is 2.34. The van der Waals surface area contributed by atoms with Crippen LogP contribution in [0, 0.1) is 0 Å². The van der Waals surface area contributed by atoms with Crippen molar-refractivity contribution in [1.29, 1.82) is 0 Å². The topological polar surface area (TPSA) is 21.6 Å². The Morgan fingerprint density at radius 2 is 1.62 bits per heavy atom. The monoisotopic (exact) mass is 341 g/mol. The second-order valence-electron chi connectivity index (χ2n) is 7.16. The SMILES string of the molecule is CCOc1ccc(C=Nc2ccc3c(c2)C(C)(C)c2ccccc2-3)cc1. The van der Waals surface area contributed by atoms with Crippen LogP contribution in [0.5, 0.6) is 5.75 Å². The summed E-state index contributed by atoms with van der Waals surface area (Å²) in [7, 11) is 0. The molecule has 26 heavy (non-hydrogen) atoms. The first-order valence-electron chi connectivity index (χ1n) is 9.11. The molecule has 0 saturated carbocycles. The summed E-state index contributed by atoms with van der Waals surface area (Å²) >= 11 is 0. The molecular weight excluding hydrogens is 318 g/mol. The van der Waals surface area contributed by atoms with Crippen LogP contribution in [0.2, 0.25) is 0 Å². The second kappa shape index (κ2) is 6.45. The first-order valence-corrected chi connectivity index (χ1v) is 9.11. The molecule has 0 unspecified atom stereocenters. The molecule has 0 radical (unpaired) electrons. The molecular formula is C24H23NO. The molecule has 2 heteroatoms. The van der Waals surface area contributed by atoms with Crippen LogP contribution in [-0.4, -0.2) is 12.8 Å². The molecule has 0 atom stereocenters. The van der Waals surface area contributed by atoms with Gasteiger partial charge in [-0.1, -0.05) is 44.2 Å². The van der Waals surface area contributed by atoms with Crippen LogP contribution < -0.4 is 4.74 Å². The molecule has 2 nitrogen and oxygen atoms in total. The van der Waals surface area contributed by atoms with Crippen molar-refractivity contribution in [3.63, 3.8) is 0 Å². The van der Waals surface area contributed by atoms with E-state index < -0.39 is 0 Å². The van der Waals surface area contributed by atoms with Gasteiger partial charge in [0.05, 0.1) is 12.3 Å². The van der Waals surface area contributed by atoms with Crippen LogP contribution in [0.4, 0.5) is 5.69 Å². The van der Waals surface area contributed by atoms with Gasteiger partial charge in [0.1, 0.15) is 5.75 Å². The predicted octanol–water partition coefficient (Wildman–Crippen LogP) is 6.14. The number of fused-ring (bicyclic) bond motifs is 3. The molecule has 0 heterocycles. The summed E-state index contributed by atoms with van der Waals surface area (Å²) < 4.78 is 5.48. The van der Waals surface area contributed by atoms with Crippen molar-refractivity contribution in [3.05, 3.63) is 83.4 Å². The fourth-order valence-corrected chi connectivity index (χ4v) is 3.74. The minimum Gasteiger partial charge on any atom is -0.494 e. The average molecular weight is 341 g/mol. The van der Waals surface area contributed by atoms with E-state index in [1.807, 2.05) is 37.4 Å². The third-order valence-corrected chi connectivity index (χ3v) is 5.12. The largest absolute Gasteiger partial charge is 0.494 e. The van der Waals surface area contributed by atoms with Crippen LogP contribution in [-0.2, 0) is 5.41 Å². The summed E-state index contributed by atoms with van der Waals surface area (Å²) in [5.74, 6) is 0.890. The van der Waals surface area contributed by atoms with Crippen molar-refractivity contribution in [1.82, 2.24) is 0 Å². The molecule has 1 aliphatic rings. The van der Waals surface area contributed by atoms with Crippen molar-refractivity contribution in [2.45, 2.75) is 26.2 Å². The Morgan fingerprint density at radius 1 is 0.885 bits per heavy atom. The number of aliphatic imine (C=N–C) groups is 1. The Hall–Kier alpha value is -2.87. The third-order valence-electron chi connectivity index (χ3n) is 5.12. The fraction of sp³-hybridized carbons (Fsp3) is 0.208. The number of hydrogen-bond acceptors (Lipinski definition) is 2. The lowest BCUT2D eigenvalue weighted by Crippen LogP contribution is -2.14. The lowest BCUT2D eigenvalue weighted by Gasteiger charge is -2.21. The normalized spacial score (nSPS) is 14.3. The number of hydrogen-bond donors (Lipinski definition) is 0. The van der Waals surface area contributed by atoms with Gasteiger partial charge < -0.3 is 4.74 Å². The maximum atomic E-state index is 5.48. The highest BCUT2D eigenvalue weighted by atomic mass is 16.5. The maximum Gasteiger partial charge on any atom is 0.119 e. The smallest absolute Gasteiger partial charge is 0.119 e. The van der Waals surface area contributed by atoms with Gasteiger partial charge in [0.25, 0.3) is 0 Å². The molecule has 3 aromatic carbocycles. The Bertz CT molecular complexity index is 968.